The van der Waals surface area contributed by atoms with Crippen LogP contribution in [-0.2, 0) is 6.54 Å². The lowest BCUT2D eigenvalue weighted by Crippen LogP contribution is -2.30. The first-order valence-corrected chi connectivity index (χ1v) is 5.71. The van der Waals surface area contributed by atoms with Gasteiger partial charge >= 0.3 is 6.18 Å². The van der Waals surface area contributed by atoms with Crippen LogP contribution in [0, 0.1) is 0 Å². The molecule has 0 saturated carbocycles. The first-order valence-electron chi connectivity index (χ1n) is 4.91. The summed E-state index contributed by atoms with van der Waals surface area (Å²) in [5.74, 6) is 0. The Morgan fingerprint density at radius 3 is 2.62 bits per heavy atom. The quantitative estimate of drug-likeness (QED) is 0.889. The summed E-state index contributed by atoms with van der Waals surface area (Å²) in [6.07, 6.45) is -4.91. The van der Waals surface area contributed by atoms with E-state index < -0.39 is 18.6 Å². The summed E-state index contributed by atoms with van der Waals surface area (Å²) < 4.78 is 37.1. The van der Waals surface area contributed by atoms with Crippen molar-refractivity contribution < 1.29 is 13.2 Å². The van der Waals surface area contributed by atoms with Crippen molar-refractivity contribution in [3.05, 3.63) is 34.3 Å². The van der Waals surface area contributed by atoms with E-state index in [1.165, 1.54) is 6.92 Å². The molecule has 0 spiro atoms. The van der Waals surface area contributed by atoms with Gasteiger partial charge in [-0.25, -0.2) is 0 Å². The van der Waals surface area contributed by atoms with E-state index >= 15 is 0 Å². The van der Waals surface area contributed by atoms with Crippen molar-refractivity contribution in [1.29, 1.82) is 0 Å². The number of alkyl halides is 3. The molecule has 16 heavy (non-hydrogen) atoms. The van der Waals surface area contributed by atoms with E-state index in [9.17, 15) is 13.2 Å². The Kier molecular flexibility index (Phi) is 4.80. The molecule has 1 atom stereocenters. The van der Waals surface area contributed by atoms with E-state index in [0.29, 0.717) is 6.54 Å². The smallest absolute Gasteiger partial charge is 0.310 e. The van der Waals surface area contributed by atoms with Crippen LogP contribution in [0.3, 0.4) is 0 Å². The second kappa shape index (κ2) is 5.68. The zero-order valence-corrected chi connectivity index (χ0v) is 10.4. The Morgan fingerprint density at radius 2 is 2.06 bits per heavy atom. The SMILES string of the molecule is CC(CC(F)(F)F)NCc1cccc(Br)c1. The molecule has 1 unspecified atom stereocenters. The average molecular weight is 296 g/mol. The molecule has 90 valence electrons. The molecular formula is C11H13BrF3N. The van der Waals surface area contributed by atoms with Crippen molar-refractivity contribution >= 4 is 15.9 Å². The summed E-state index contributed by atoms with van der Waals surface area (Å²) >= 11 is 3.31. The number of hydrogen-bond acceptors (Lipinski definition) is 1. The van der Waals surface area contributed by atoms with Gasteiger partial charge in [-0.1, -0.05) is 28.1 Å². The molecule has 0 aliphatic carbocycles. The van der Waals surface area contributed by atoms with Crippen molar-refractivity contribution in [3.63, 3.8) is 0 Å². The third kappa shape index (κ3) is 5.51. The zero-order chi connectivity index (χ0) is 12.2. The van der Waals surface area contributed by atoms with Crippen LogP contribution < -0.4 is 5.32 Å². The Balaban J connectivity index is 2.40. The Morgan fingerprint density at radius 1 is 1.38 bits per heavy atom. The molecule has 1 nitrogen and oxygen atoms in total. The van der Waals surface area contributed by atoms with E-state index in [2.05, 4.69) is 21.2 Å². The Hall–Kier alpha value is -0.550. The molecule has 0 saturated heterocycles. The number of rotatable bonds is 4. The minimum absolute atomic E-state index is 0.441. The van der Waals surface area contributed by atoms with Gasteiger partial charge in [-0.15, -0.1) is 0 Å². The van der Waals surface area contributed by atoms with Gasteiger partial charge in [0.1, 0.15) is 0 Å². The lowest BCUT2D eigenvalue weighted by Gasteiger charge is -2.15. The highest BCUT2D eigenvalue weighted by Gasteiger charge is 2.29. The fourth-order valence-corrected chi connectivity index (χ4v) is 1.81. The third-order valence-corrected chi connectivity index (χ3v) is 2.57. The van der Waals surface area contributed by atoms with Crippen molar-refractivity contribution in [2.75, 3.05) is 0 Å². The lowest BCUT2D eigenvalue weighted by atomic mass is 10.2. The van der Waals surface area contributed by atoms with Crippen LogP contribution >= 0.6 is 15.9 Å². The molecule has 0 fully saturated rings. The summed E-state index contributed by atoms with van der Waals surface area (Å²) in [6, 6.07) is 6.92. The van der Waals surface area contributed by atoms with Crippen LogP contribution in [0.5, 0.6) is 0 Å². The van der Waals surface area contributed by atoms with Crippen molar-refractivity contribution in [2.24, 2.45) is 0 Å². The maximum atomic E-state index is 12.0. The first-order chi connectivity index (χ1) is 7.37. The minimum Gasteiger partial charge on any atom is -0.310 e. The van der Waals surface area contributed by atoms with Gasteiger partial charge in [0.15, 0.2) is 0 Å². The summed E-state index contributed by atoms with van der Waals surface area (Å²) in [7, 11) is 0. The fraction of sp³-hybridized carbons (Fsp3) is 0.455. The van der Waals surface area contributed by atoms with Gasteiger partial charge in [0.05, 0.1) is 6.42 Å². The highest BCUT2D eigenvalue weighted by molar-refractivity contribution is 9.10. The van der Waals surface area contributed by atoms with Gasteiger partial charge < -0.3 is 5.32 Å². The van der Waals surface area contributed by atoms with Crippen LogP contribution in [-0.4, -0.2) is 12.2 Å². The zero-order valence-electron chi connectivity index (χ0n) is 8.81. The topological polar surface area (TPSA) is 12.0 Å². The normalized spacial score (nSPS) is 13.8. The summed E-state index contributed by atoms with van der Waals surface area (Å²) in [5, 5.41) is 2.84. The molecule has 0 aliphatic rings. The number of nitrogens with one attached hydrogen (secondary N) is 1. The standard InChI is InChI=1S/C11H13BrF3N/c1-8(6-11(13,14)15)16-7-9-3-2-4-10(12)5-9/h2-5,8,16H,6-7H2,1H3. The van der Waals surface area contributed by atoms with Crippen molar-refractivity contribution in [1.82, 2.24) is 5.32 Å². The van der Waals surface area contributed by atoms with Gasteiger partial charge in [0, 0.05) is 17.1 Å². The maximum absolute atomic E-state index is 12.0. The summed E-state index contributed by atoms with van der Waals surface area (Å²) in [6.45, 7) is 1.97. The monoisotopic (exact) mass is 295 g/mol. The van der Waals surface area contributed by atoms with E-state index in [4.69, 9.17) is 0 Å². The second-order valence-electron chi connectivity index (χ2n) is 3.73. The van der Waals surface area contributed by atoms with Gasteiger partial charge in [-0.3, -0.25) is 0 Å². The molecule has 1 aromatic carbocycles. The van der Waals surface area contributed by atoms with Gasteiger partial charge in [-0.05, 0) is 24.6 Å². The van der Waals surface area contributed by atoms with Crippen LogP contribution in [0.1, 0.15) is 18.9 Å². The van der Waals surface area contributed by atoms with E-state index in [1.54, 1.807) is 0 Å². The molecule has 1 N–H and O–H groups in total. The predicted octanol–water partition coefficient (Wildman–Crippen LogP) is 3.88. The largest absolute Gasteiger partial charge is 0.390 e. The van der Waals surface area contributed by atoms with Crippen LogP contribution in [0.2, 0.25) is 0 Å². The molecule has 0 aliphatic heterocycles. The third-order valence-electron chi connectivity index (χ3n) is 2.08. The molecule has 1 aromatic rings. The Labute approximate surface area is 101 Å². The van der Waals surface area contributed by atoms with Crippen LogP contribution in [0.25, 0.3) is 0 Å². The molecular weight excluding hydrogens is 283 g/mol. The molecule has 5 heteroatoms. The average Bonchev–Trinajstić information content (AvgIpc) is 2.12. The number of halogens is 4. The lowest BCUT2D eigenvalue weighted by molar-refractivity contribution is -0.139. The van der Waals surface area contributed by atoms with Gasteiger partial charge in [0.2, 0.25) is 0 Å². The minimum atomic E-state index is -4.11. The molecule has 1 rings (SSSR count). The maximum Gasteiger partial charge on any atom is 0.390 e. The fourth-order valence-electron chi connectivity index (χ4n) is 1.36. The van der Waals surface area contributed by atoms with E-state index in [-0.39, 0.29) is 0 Å². The highest BCUT2D eigenvalue weighted by Crippen LogP contribution is 2.21. The van der Waals surface area contributed by atoms with E-state index in [0.717, 1.165) is 10.0 Å². The predicted molar refractivity (Wildman–Crippen MR) is 61.1 cm³/mol. The van der Waals surface area contributed by atoms with Gasteiger partial charge in [-0.2, -0.15) is 13.2 Å². The van der Waals surface area contributed by atoms with Crippen LogP contribution in [0.15, 0.2) is 28.7 Å². The summed E-state index contributed by atoms with van der Waals surface area (Å²) in [4.78, 5) is 0. The molecule has 0 amide bonds. The van der Waals surface area contributed by atoms with Crippen LogP contribution in [0.4, 0.5) is 13.2 Å². The first kappa shape index (κ1) is 13.5. The van der Waals surface area contributed by atoms with Gasteiger partial charge in [0.25, 0.3) is 0 Å². The van der Waals surface area contributed by atoms with E-state index in [1.807, 2.05) is 24.3 Å². The van der Waals surface area contributed by atoms with Crippen molar-refractivity contribution in [2.45, 2.75) is 32.1 Å². The number of hydrogen-bond donors (Lipinski definition) is 1. The highest BCUT2D eigenvalue weighted by atomic mass is 79.9. The molecule has 0 heterocycles. The summed E-state index contributed by atoms with van der Waals surface area (Å²) in [5.41, 5.74) is 0.961. The number of benzene rings is 1. The second-order valence-corrected chi connectivity index (χ2v) is 4.65. The Bertz CT molecular complexity index is 338. The molecule has 0 aromatic heterocycles. The molecule has 0 bridgehead atoms. The van der Waals surface area contributed by atoms with Crippen molar-refractivity contribution in [3.8, 4) is 0 Å². The molecule has 0 radical (unpaired) electrons.